The summed E-state index contributed by atoms with van der Waals surface area (Å²) in [7, 11) is 0. The van der Waals surface area contributed by atoms with Crippen molar-refractivity contribution in [3.63, 3.8) is 0 Å². The Hall–Kier alpha value is -3.88. The van der Waals surface area contributed by atoms with E-state index < -0.39 is 23.6 Å². The van der Waals surface area contributed by atoms with E-state index in [1.54, 1.807) is 26.8 Å². The largest absolute Gasteiger partial charge is 0.508 e. The van der Waals surface area contributed by atoms with Crippen LogP contribution in [0.2, 0.25) is 0 Å². The lowest BCUT2D eigenvalue weighted by Gasteiger charge is -2.41. The van der Waals surface area contributed by atoms with E-state index in [-0.39, 0.29) is 17.8 Å². The van der Waals surface area contributed by atoms with Gasteiger partial charge in [-0.05, 0) is 67.7 Å². The number of benzene rings is 2. The second-order valence-electron chi connectivity index (χ2n) is 11.5. The lowest BCUT2D eigenvalue weighted by molar-refractivity contribution is -0.159. The molecule has 9 heteroatoms. The van der Waals surface area contributed by atoms with E-state index in [1.165, 1.54) is 0 Å². The number of nitrogens with zero attached hydrogens (tertiary/aromatic N) is 3. The van der Waals surface area contributed by atoms with Crippen LogP contribution in [0.4, 0.5) is 0 Å². The lowest BCUT2D eigenvalue weighted by Crippen LogP contribution is -2.60. The Labute approximate surface area is 242 Å². The molecule has 2 aliphatic heterocycles. The first-order chi connectivity index (χ1) is 19.7. The summed E-state index contributed by atoms with van der Waals surface area (Å²) in [5, 5.41) is 12.2. The van der Waals surface area contributed by atoms with Crippen molar-refractivity contribution in [1.82, 2.24) is 20.0 Å². The average molecular weight is 563 g/mol. The third-order valence-corrected chi connectivity index (χ3v) is 8.02. The molecule has 2 aliphatic rings. The predicted octanol–water partition coefficient (Wildman–Crippen LogP) is 2.76. The molecule has 0 unspecified atom stereocenters. The summed E-state index contributed by atoms with van der Waals surface area (Å²) in [6.45, 7) is 6.64. The van der Waals surface area contributed by atoms with Crippen LogP contribution in [0.3, 0.4) is 0 Å². The second kappa shape index (κ2) is 14.1. The van der Waals surface area contributed by atoms with Gasteiger partial charge in [-0.2, -0.15) is 0 Å². The maximum atomic E-state index is 13.2. The van der Waals surface area contributed by atoms with Crippen molar-refractivity contribution in [2.75, 3.05) is 32.7 Å². The molecular formula is C32H42N4O5. The number of aromatic hydroxyl groups is 1. The van der Waals surface area contributed by atoms with Gasteiger partial charge in [0.25, 0.3) is 0 Å². The molecule has 2 heterocycles. The van der Waals surface area contributed by atoms with Gasteiger partial charge in [0.2, 0.25) is 0 Å². The van der Waals surface area contributed by atoms with Gasteiger partial charge in [-0.15, -0.1) is 0 Å². The van der Waals surface area contributed by atoms with Gasteiger partial charge in [0.1, 0.15) is 5.75 Å². The number of rotatable bonds is 13. The highest BCUT2D eigenvalue weighted by atomic mass is 16.3. The summed E-state index contributed by atoms with van der Waals surface area (Å²) in [5.41, 5.74) is 2.12. The van der Waals surface area contributed by atoms with Crippen LogP contribution in [-0.2, 0) is 32.0 Å². The minimum atomic E-state index is -0.586. The number of unbranched alkanes of at least 4 members (excludes halogenated alkanes) is 1. The van der Waals surface area contributed by atoms with Gasteiger partial charge in [-0.1, -0.05) is 56.3 Å². The molecule has 0 aromatic heterocycles. The van der Waals surface area contributed by atoms with Crippen LogP contribution in [0, 0.1) is 5.92 Å². The molecule has 0 saturated carbocycles. The summed E-state index contributed by atoms with van der Waals surface area (Å²) in [6, 6.07) is 16.7. The number of piperazine rings is 2. The number of phenolic OH excluding ortho intramolecular Hbond substituents is 1. The molecule has 0 bridgehead atoms. The molecule has 2 aromatic rings. The normalized spacial score (nSPS) is 19.7. The van der Waals surface area contributed by atoms with Gasteiger partial charge >= 0.3 is 23.6 Å². The van der Waals surface area contributed by atoms with Crippen molar-refractivity contribution >= 4 is 23.6 Å². The van der Waals surface area contributed by atoms with Gasteiger partial charge in [-0.3, -0.25) is 19.2 Å². The molecule has 9 nitrogen and oxygen atoms in total. The Bertz CT molecular complexity index is 1200. The zero-order valence-corrected chi connectivity index (χ0v) is 24.1. The third kappa shape index (κ3) is 8.08. The van der Waals surface area contributed by atoms with E-state index >= 15 is 0 Å². The summed E-state index contributed by atoms with van der Waals surface area (Å²) in [6.07, 6.45) is 4.29. The van der Waals surface area contributed by atoms with Crippen LogP contribution >= 0.6 is 0 Å². The van der Waals surface area contributed by atoms with Crippen LogP contribution in [0.1, 0.15) is 50.7 Å². The van der Waals surface area contributed by atoms with Crippen molar-refractivity contribution in [3.8, 4) is 5.75 Å². The number of amides is 4. The van der Waals surface area contributed by atoms with Crippen LogP contribution in [0.5, 0.6) is 5.75 Å². The summed E-state index contributed by atoms with van der Waals surface area (Å²) >= 11 is 0. The van der Waals surface area contributed by atoms with Crippen LogP contribution < -0.4 is 5.32 Å². The molecular weight excluding hydrogens is 520 g/mol. The fourth-order valence-corrected chi connectivity index (χ4v) is 5.81. The van der Waals surface area contributed by atoms with Gasteiger partial charge in [0, 0.05) is 38.8 Å². The molecule has 2 fully saturated rings. The number of hydrogen-bond donors (Lipinski definition) is 2. The highest BCUT2D eigenvalue weighted by Crippen LogP contribution is 2.21. The van der Waals surface area contributed by atoms with Gasteiger partial charge in [-0.25, -0.2) is 0 Å². The van der Waals surface area contributed by atoms with E-state index in [1.807, 2.05) is 42.5 Å². The van der Waals surface area contributed by atoms with Gasteiger partial charge in [0.15, 0.2) is 0 Å². The van der Waals surface area contributed by atoms with Crippen molar-refractivity contribution in [2.45, 2.75) is 64.5 Å². The Morgan fingerprint density at radius 1 is 0.780 bits per heavy atom. The zero-order valence-electron chi connectivity index (χ0n) is 24.1. The zero-order chi connectivity index (χ0) is 29.4. The van der Waals surface area contributed by atoms with Crippen LogP contribution in [-0.4, -0.2) is 88.2 Å². The number of carbonyl (C=O) groups is 4. The van der Waals surface area contributed by atoms with E-state index in [4.69, 9.17) is 0 Å². The molecule has 0 radical (unpaired) electrons. The summed E-state index contributed by atoms with van der Waals surface area (Å²) in [5.74, 6) is -1.38. The number of hydrogen-bond acceptors (Lipinski definition) is 5. The molecule has 220 valence electrons. The monoisotopic (exact) mass is 562 g/mol. The molecule has 0 aliphatic carbocycles. The topological polar surface area (TPSA) is 110 Å². The standard InChI is InChI=1S/C32H42N4O5/c1-23(2)20-27-22-34(31(40)32(41)36(27)19-15-24-8-4-3-5-9-24)17-7-6-10-26-21-33-29(38)30(39)35(26)18-16-25-11-13-28(37)14-12-25/h3-5,8-9,11-14,23,26-27,37H,6-7,10,15-22H2,1-2H3,(H,33,38)/t26-,27-/m0/s1. The first kappa shape index (κ1) is 30.1. The molecule has 4 amide bonds. The molecule has 4 rings (SSSR count). The fraction of sp³-hybridized carbons (Fsp3) is 0.500. The van der Waals surface area contributed by atoms with Gasteiger partial charge < -0.3 is 25.1 Å². The first-order valence-electron chi connectivity index (χ1n) is 14.7. The van der Waals surface area contributed by atoms with Crippen LogP contribution in [0.25, 0.3) is 0 Å². The Kier molecular flexibility index (Phi) is 10.4. The Balaban J connectivity index is 1.30. The van der Waals surface area contributed by atoms with Gasteiger partial charge in [0.05, 0.1) is 6.04 Å². The average Bonchev–Trinajstić information content (AvgIpc) is 2.96. The molecule has 2 aromatic carbocycles. The second-order valence-corrected chi connectivity index (χ2v) is 11.5. The van der Waals surface area contributed by atoms with E-state index in [0.717, 1.165) is 24.0 Å². The number of nitrogens with one attached hydrogen (secondary N) is 1. The summed E-state index contributed by atoms with van der Waals surface area (Å²) < 4.78 is 0. The van der Waals surface area contributed by atoms with E-state index in [2.05, 4.69) is 19.2 Å². The molecule has 0 spiro atoms. The molecule has 2 N–H and O–H groups in total. The molecule has 2 saturated heterocycles. The quantitative estimate of drug-likeness (QED) is 0.288. The SMILES string of the molecule is CC(C)C[C@H]1CN(CCCC[C@H]2CNC(=O)C(=O)N2CCc2ccc(O)cc2)C(=O)C(=O)N1CCc1ccccc1. The maximum Gasteiger partial charge on any atom is 0.312 e. The number of carbonyl (C=O) groups excluding carboxylic acids is 4. The van der Waals surface area contributed by atoms with Crippen molar-refractivity contribution in [1.29, 1.82) is 0 Å². The lowest BCUT2D eigenvalue weighted by atomic mass is 9.98. The highest BCUT2D eigenvalue weighted by molar-refractivity contribution is 6.36. The predicted molar refractivity (Wildman–Crippen MR) is 156 cm³/mol. The first-order valence-corrected chi connectivity index (χ1v) is 14.7. The van der Waals surface area contributed by atoms with E-state index in [0.29, 0.717) is 64.3 Å². The molecule has 2 atom stereocenters. The van der Waals surface area contributed by atoms with Crippen molar-refractivity contribution < 1.29 is 24.3 Å². The van der Waals surface area contributed by atoms with Crippen LogP contribution in [0.15, 0.2) is 54.6 Å². The minimum absolute atomic E-state index is 0.00881. The maximum absolute atomic E-state index is 13.2. The Morgan fingerprint density at radius 3 is 2.07 bits per heavy atom. The van der Waals surface area contributed by atoms with E-state index in [9.17, 15) is 24.3 Å². The smallest absolute Gasteiger partial charge is 0.312 e. The minimum Gasteiger partial charge on any atom is -0.508 e. The summed E-state index contributed by atoms with van der Waals surface area (Å²) in [4.78, 5) is 56.1. The third-order valence-electron chi connectivity index (χ3n) is 8.02. The van der Waals surface area contributed by atoms with Crippen molar-refractivity contribution in [3.05, 3.63) is 65.7 Å². The fourth-order valence-electron chi connectivity index (χ4n) is 5.81. The Morgan fingerprint density at radius 2 is 1.41 bits per heavy atom. The number of phenols is 1. The molecule has 41 heavy (non-hydrogen) atoms. The highest BCUT2D eigenvalue weighted by Gasteiger charge is 2.39. The van der Waals surface area contributed by atoms with Crippen molar-refractivity contribution in [2.24, 2.45) is 5.92 Å².